The molecule has 0 N–H and O–H groups in total. The molecule has 1 radical (unpaired) electrons. The largest absolute Gasteiger partial charge is 0.494 e. The SMILES string of the molecule is CCCCCCCCOc1ccc(C(=O)Oc2ccc(C(=O)Oc3ccc(N4[N]C(C(F)(F)F)=NN(c5ccc(C)cc5)C4=O)cc3)cc2)cc1. The number of amidine groups is 1. The summed E-state index contributed by atoms with van der Waals surface area (Å²) in [4.78, 5) is 38.6. The smallest absolute Gasteiger partial charge is 0.455 e. The number of nitrogens with zero attached hydrogens (tertiary/aromatic N) is 4. The van der Waals surface area contributed by atoms with Gasteiger partial charge in [-0.15, -0.1) is 10.5 Å². The van der Waals surface area contributed by atoms with E-state index in [1.165, 1.54) is 86.3 Å². The Balaban J connectivity index is 1.14. The van der Waals surface area contributed by atoms with E-state index in [0.29, 0.717) is 27.9 Å². The lowest BCUT2D eigenvalue weighted by Crippen LogP contribution is -2.55. The second-order valence-corrected chi connectivity index (χ2v) is 11.7. The molecule has 51 heavy (non-hydrogen) atoms. The molecule has 10 nitrogen and oxygen atoms in total. The summed E-state index contributed by atoms with van der Waals surface area (Å²) in [5, 5.41) is 4.61. The van der Waals surface area contributed by atoms with E-state index in [9.17, 15) is 27.6 Å². The highest BCUT2D eigenvalue weighted by Gasteiger charge is 2.45. The monoisotopic (exact) mass is 701 g/mol. The van der Waals surface area contributed by atoms with E-state index < -0.39 is 30.0 Å². The van der Waals surface area contributed by atoms with Crippen LogP contribution in [0.25, 0.3) is 0 Å². The first-order valence-electron chi connectivity index (χ1n) is 16.5. The molecule has 0 fully saturated rings. The van der Waals surface area contributed by atoms with Gasteiger partial charge in [-0.05, 0) is 98.3 Å². The van der Waals surface area contributed by atoms with Crippen LogP contribution in [0.2, 0.25) is 0 Å². The van der Waals surface area contributed by atoms with Gasteiger partial charge in [-0.1, -0.05) is 56.7 Å². The second kappa shape index (κ2) is 16.7. The molecular formula is C38H36F3N4O6. The van der Waals surface area contributed by atoms with Gasteiger partial charge < -0.3 is 14.2 Å². The molecule has 5 rings (SSSR count). The number of anilines is 2. The molecule has 0 bridgehead atoms. The Morgan fingerprint density at radius 1 is 0.647 bits per heavy atom. The number of aryl methyl sites for hydroxylation is 1. The summed E-state index contributed by atoms with van der Waals surface area (Å²) in [5.41, 5.74) is 4.85. The summed E-state index contributed by atoms with van der Waals surface area (Å²) in [6, 6.07) is 22.9. The Hall–Kier alpha value is -5.85. The van der Waals surface area contributed by atoms with Crippen LogP contribution in [0.5, 0.6) is 17.2 Å². The zero-order chi connectivity index (χ0) is 36.4. The van der Waals surface area contributed by atoms with Crippen LogP contribution in [0.1, 0.15) is 71.7 Å². The fourth-order valence-electron chi connectivity index (χ4n) is 4.93. The number of esters is 2. The molecule has 13 heteroatoms. The van der Waals surface area contributed by atoms with Crippen LogP contribution in [-0.2, 0) is 0 Å². The minimum absolute atomic E-state index is 0.0185. The number of hydrogen-bond acceptors (Lipinski definition) is 7. The normalized spacial score (nSPS) is 13.0. The highest BCUT2D eigenvalue weighted by molar-refractivity contribution is 6.10. The highest BCUT2D eigenvalue weighted by atomic mass is 19.4. The van der Waals surface area contributed by atoms with E-state index in [1.807, 2.05) is 0 Å². The third-order valence-corrected chi connectivity index (χ3v) is 7.73. The van der Waals surface area contributed by atoms with Crippen molar-refractivity contribution in [3.05, 3.63) is 114 Å². The average Bonchev–Trinajstić information content (AvgIpc) is 3.12. The average molecular weight is 702 g/mol. The number of rotatable bonds is 14. The number of benzene rings is 4. The maximum Gasteiger partial charge on any atom is 0.455 e. The van der Waals surface area contributed by atoms with Gasteiger partial charge in [-0.3, -0.25) is 0 Å². The number of carbonyl (C=O) groups excluding carboxylic acids is 3. The summed E-state index contributed by atoms with van der Waals surface area (Å²) in [7, 11) is 0. The molecule has 0 saturated heterocycles. The highest BCUT2D eigenvalue weighted by Crippen LogP contribution is 2.29. The number of urea groups is 1. The van der Waals surface area contributed by atoms with Gasteiger partial charge in [-0.2, -0.15) is 23.2 Å². The standard InChI is InChI=1S/C38H36F3N4O6/c1-3-4-5-6-7-8-25-49-31-19-11-27(12-20-31)34(46)50-32-21-13-28(14-22-32)35(47)51-33-23-17-30(18-24-33)45-37(48)44(29-15-9-26(2)10-16-29)42-36(43-45)38(39,40)41/h9-24H,3-8,25H2,1-2H3. The van der Waals surface area contributed by atoms with Gasteiger partial charge in [0, 0.05) is 0 Å². The van der Waals surface area contributed by atoms with Gasteiger partial charge in [0.25, 0.3) is 5.84 Å². The fraction of sp³-hybridized carbons (Fsp3) is 0.263. The summed E-state index contributed by atoms with van der Waals surface area (Å²) in [6.45, 7) is 4.59. The minimum Gasteiger partial charge on any atom is -0.494 e. The van der Waals surface area contributed by atoms with Crippen LogP contribution >= 0.6 is 0 Å². The van der Waals surface area contributed by atoms with E-state index in [2.05, 4.69) is 17.5 Å². The number of hydrogen-bond donors (Lipinski definition) is 0. The number of carbonyl (C=O) groups is 3. The first-order chi connectivity index (χ1) is 24.5. The molecule has 0 spiro atoms. The van der Waals surface area contributed by atoms with Crippen molar-refractivity contribution >= 4 is 35.2 Å². The van der Waals surface area contributed by atoms with Crippen molar-refractivity contribution in [2.45, 2.75) is 58.5 Å². The lowest BCUT2D eigenvalue weighted by Gasteiger charge is -2.32. The first kappa shape index (κ1) is 36.4. The number of hydrazone groups is 1. The number of unbranched alkanes of at least 4 members (excludes halogenated alkanes) is 5. The summed E-state index contributed by atoms with van der Waals surface area (Å²) < 4.78 is 57.6. The second-order valence-electron chi connectivity index (χ2n) is 11.7. The number of amides is 2. The molecule has 4 aromatic carbocycles. The van der Waals surface area contributed by atoms with Crippen molar-refractivity contribution in [2.24, 2.45) is 5.10 Å². The van der Waals surface area contributed by atoms with E-state index in [0.717, 1.165) is 18.4 Å². The molecule has 0 unspecified atom stereocenters. The lowest BCUT2D eigenvalue weighted by atomic mass is 10.1. The Bertz CT molecular complexity index is 1830. The Kier molecular flexibility index (Phi) is 11.9. The van der Waals surface area contributed by atoms with Gasteiger partial charge >= 0.3 is 24.1 Å². The molecule has 1 aliphatic heterocycles. The molecule has 0 aliphatic carbocycles. The molecule has 0 atom stereocenters. The predicted octanol–water partition coefficient (Wildman–Crippen LogP) is 9.01. The van der Waals surface area contributed by atoms with Crippen LogP contribution in [0.15, 0.2) is 102 Å². The number of halogens is 3. The quantitative estimate of drug-likeness (QED) is 0.0737. The number of alkyl halides is 3. The molecular weight excluding hydrogens is 665 g/mol. The molecule has 0 saturated carbocycles. The van der Waals surface area contributed by atoms with Crippen LogP contribution in [-0.4, -0.2) is 36.6 Å². The van der Waals surface area contributed by atoms with Crippen molar-refractivity contribution in [1.29, 1.82) is 0 Å². The van der Waals surface area contributed by atoms with Crippen molar-refractivity contribution < 1.29 is 41.8 Å². The fourth-order valence-corrected chi connectivity index (χ4v) is 4.93. The maximum absolute atomic E-state index is 13.7. The topological polar surface area (TPSA) is 112 Å². The zero-order valence-electron chi connectivity index (χ0n) is 28.1. The molecule has 0 aromatic heterocycles. The Labute approximate surface area is 293 Å². The zero-order valence-corrected chi connectivity index (χ0v) is 28.1. The van der Waals surface area contributed by atoms with E-state index in [-0.39, 0.29) is 28.4 Å². The van der Waals surface area contributed by atoms with E-state index in [1.54, 1.807) is 43.3 Å². The minimum atomic E-state index is -4.93. The van der Waals surface area contributed by atoms with Crippen LogP contribution in [0, 0.1) is 6.92 Å². The molecule has 4 aromatic rings. The van der Waals surface area contributed by atoms with Crippen molar-refractivity contribution in [3.63, 3.8) is 0 Å². The summed E-state index contributed by atoms with van der Waals surface area (Å²) in [5.74, 6) is -1.91. The van der Waals surface area contributed by atoms with Crippen LogP contribution < -0.4 is 29.7 Å². The Morgan fingerprint density at radius 3 is 1.67 bits per heavy atom. The molecule has 1 heterocycles. The molecule has 1 aliphatic rings. The predicted molar refractivity (Wildman–Crippen MR) is 185 cm³/mol. The molecule has 265 valence electrons. The lowest BCUT2D eigenvalue weighted by molar-refractivity contribution is -0.0625. The summed E-state index contributed by atoms with van der Waals surface area (Å²) in [6.07, 6.45) is 2.06. The molecule has 2 amide bonds. The number of ether oxygens (including phenoxy) is 3. The van der Waals surface area contributed by atoms with Gasteiger partial charge in [0.15, 0.2) is 0 Å². The van der Waals surface area contributed by atoms with Crippen molar-refractivity contribution in [3.8, 4) is 17.2 Å². The van der Waals surface area contributed by atoms with Crippen LogP contribution in [0.3, 0.4) is 0 Å². The third-order valence-electron chi connectivity index (χ3n) is 7.73. The van der Waals surface area contributed by atoms with Gasteiger partial charge in [0.1, 0.15) is 17.2 Å². The third kappa shape index (κ3) is 9.87. The summed E-state index contributed by atoms with van der Waals surface area (Å²) >= 11 is 0. The van der Waals surface area contributed by atoms with Crippen molar-refractivity contribution in [2.75, 3.05) is 16.6 Å². The maximum atomic E-state index is 13.7. The van der Waals surface area contributed by atoms with E-state index >= 15 is 0 Å². The Morgan fingerprint density at radius 2 is 1.12 bits per heavy atom. The van der Waals surface area contributed by atoms with Gasteiger partial charge in [-0.25, -0.2) is 14.4 Å². The van der Waals surface area contributed by atoms with E-state index in [4.69, 9.17) is 14.2 Å². The van der Waals surface area contributed by atoms with Crippen LogP contribution in [0.4, 0.5) is 29.3 Å². The van der Waals surface area contributed by atoms with Gasteiger partial charge in [0.05, 0.1) is 29.1 Å². The first-order valence-corrected chi connectivity index (χ1v) is 16.5. The van der Waals surface area contributed by atoms with Crippen molar-refractivity contribution in [1.82, 2.24) is 5.43 Å². The van der Waals surface area contributed by atoms with Gasteiger partial charge in [0.2, 0.25) is 0 Å².